The minimum Gasteiger partial charge on any atom is -0.299 e. The van der Waals surface area contributed by atoms with Crippen LogP contribution in [0.5, 0.6) is 0 Å². The third kappa shape index (κ3) is 6.07. The molecular weight excluding hydrogens is 640 g/mol. The molecule has 240 valence electrons. The second-order valence-corrected chi connectivity index (χ2v) is 16.5. The van der Waals surface area contributed by atoms with E-state index in [-0.39, 0.29) is 35.0 Å². The molecule has 6 rings (SSSR count). The number of rotatable bonds is 7. The Morgan fingerprint density at radius 1 is 0.696 bits per heavy atom. The Morgan fingerprint density at radius 3 is 1.74 bits per heavy atom. The molecule has 7 nitrogen and oxygen atoms in total. The lowest BCUT2D eigenvalue weighted by molar-refractivity contribution is -0.132. The molecule has 2 heterocycles. The fraction of sp³-hybridized carbons (Fsp3) is 0.306. The van der Waals surface area contributed by atoms with Gasteiger partial charge in [-0.2, -0.15) is 8.61 Å². The summed E-state index contributed by atoms with van der Waals surface area (Å²) in [5.41, 5.74) is 4.36. The van der Waals surface area contributed by atoms with Gasteiger partial charge in [0.2, 0.25) is 20.0 Å². The number of Topliss-reactive ketones (excluding diaryl/α,β-unsaturated/α-hetero) is 1. The van der Waals surface area contributed by atoms with Crippen molar-refractivity contribution in [3.05, 3.63) is 130 Å². The Morgan fingerprint density at radius 2 is 1.20 bits per heavy atom. The van der Waals surface area contributed by atoms with Gasteiger partial charge in [-0.15, -0.1) is 0 Å². The zero-order valence-corrected chi connectivity index (χ0v) is 28.4. The SMILES string of the molecule is CCc1ccc([C@@H]2CC(=O)[C@@H]3CN(S(=O)(=O)c4ccc(C)cc4)C(c4ccc(Cl)cc4)C[C@@H]3N2S(=O)(=O)c2ccc(C)cc2)cc1. The minimum absolute atomic E-state index is 0.0538. The maximum atomic E-state index is 14.7. The average molecular weight is 677 g/mol. The molecule has 0 saturated carbocycles. The van der Waals surface area contributed by atoms with E-state index in [1.54, 1.807) is 72.8 Å². The van der Waals surface area contributed by atoms with E-state index in [1.165, 1.54) is 8.61 Å². The number of fused-ring (bicyclic) bond motifs is 1. The first-order chi connectivity index (χ1) is 21.9. The minimum atomic E-state index is -4.12. The monoisotopic (exact) mass is 676 g/mol. The molecule has 4 aromatic rings. The van der Waals surface area contributed by atoms with Gasteiger partial charge in [-0.1, -0.05) is 90.3 Å². The van der Waals surface area contributed by atoms with E-state index < -0.39 is 44.1 Å². The Hall–Kier alpha value is -3.34. The van der Waals surface area contributed by atoms with Gasteiger partial charge in [0.15, 0.2) is 0 Å². The number of benzene rings is 4. The summed E-state index contributed by atoms with van der Waals surface area (Å²) in [6.07, 6.45) is 0.869. The number of ketones is 1. The molecule has 2 saturated heterocycles. The standard InChI is InChI=1S/C36H37ClN2O5S2/c1-4-26-9-11-28(12-10-26)34-22-36(40)32-23-38(45(41,42)30-17-5-24(2)6-18-30)33(27-13-15-29(37)16-14-27)21-35(32)39(34)46(43,44)31-19-7-25(3)8-20-31/h5-20,32-35H,4,21-23H2,1-3H3/t32-,33?,34+,35+/m1/s1. The zero-order chi connectivity index (χ0) is 32.8. The smallest absolute Gasteiger partial charge is 0.243 e. The molecule has 0 amide bonds. The summed E-state index contributed by atoms with van der Waals surface area (Å²) < 4.78 is 60.7. The number of piperidine rings is 2. The van der Waals surface area contributed by atoms with Crippen LogP contribution in [-0.2, 0) is 31.3 Å². The van der Waals surface area contributed by atoms with Crippen molar-refractivity contribution >= 4 is 37.4 Å². The molecule has 1 unspecified atom stereocenters. The number of aryl methyl sites for hydroxylation is 3. The number of nitrogens with zero attached hydrogens (tertiary/aromatic N) is 2. The molecule has 0 bridgehead atoms. The molecule has 0 N–H and O–H groups in total. The van der Waals surface area contributed by atoms with E-state index in [0.29, 0.717) is 10.6 Å². The number of carbonyl (C=O) groups excluding carboxylic acids is 1. The molecular formula is C36H37ClN2O5S2. The molecule has 4 atom stereocenters. The summed E-state index contributed by atoms with van der Waals surface area (Å²) in [6.45, 7) is 5.68. The second kappa shape index (κ2) is 12.7. The summed E-state index contributed by atoms with van der Waals surface area (Å²) in [4.78, 5) is 14.3. The second-order valence-electron chi connectivity index (χ2n) is 12.3. The molecule has 2 aliphatic rings. The first kappa shape index (κ1) is 32.6. The van der Waals surface area contributed by atoms with Gasteiger partial charge in [0, 0.05) is 29.9 Å². The van der Waals surface area contributed by atoms with Crippen LogP contribution in [0.1, 0.15) is 59.7 Å². The third-order valence-corrected chi connectivity index (χ3v) is 13.4. The summed E-state index contributed by atoms with van der Waals surface area (Å²) in [5, 5.41) is 0.498. The van der Waals surface area contributed by atoms with Crippen molar-refractivity contribution in [2.24, 2.45) is 5.92 Å². The Bertz CT molecular complexity index is 1950. The van der Waals surface area contributed by atoms with Gasteiger partial charge in [0.1, 0.15) is 5.78 Å². The fourth-order valence-corrected chi connectivity index (χ4v) is 10.4. The summed E-state index contributed by atoms with van der Waals surface area (Å²) >= 11 is 6.22. The van der Waals surface area contributed by atoms with Crippen LogP contribution in [0.25, 0.3) is 0 Å². The molecule has 2 fully saturated rings. The summed E-state index contributed by atoms with van der Waals surface area (Å²) in [7, 11) is -8.18. The summed E-state index contributed by atoms with van der Waals surface area (Å²) in [5.74, 6) is -1.00. The lowest BCUT2D eigenvalue weighted by Gasteiger charge is -2.51. The lowest BCUT2D eigenvalue weighted by atomic mass is 9.77. The number of halogens is 1. The Kier molecular flexibility index (Phi) is 8.99. The van der Waals surface area contributed by atoms with Gasteiger partial charge >= 0.3 is 0 Å². The predicted molar refractivity (Wildman–Crippen MR) is 180 cm³/mol. The van der Waals surface area contributed by atoms with Crippen molar-refractivity contribution in [3.63, 3.8) is 0 Å². The van der Waals surface area contributed by atoms with Gasteiger partial charge in [-0.3, -0.25) is 4.79 Å². The van der Waals surface area contributed by atoms with Crippen molar-refractivity contribution in [1.82, 2.24) is 8.61 Å². The lowest BCUT2D eigenvalue weighted by Crippen LogP contribution is -2.60. The van der Waals surface area contributed by atoms with Gasteiger partial charge in [-0.05, 0) is 79.8 Å². The van der Waals surface area contributed by atoms with Crippen LogP contribution in [0, 0.1) is 19.8 Å². The Balaban J connectivity index is 1.50. The maximum Gasteiger partial charge on any atom is 0.243 e. The first-order valence-electron chi connectivity index (χ1n) is 15.5. The quantitative estimate of drug-likeness (QED) is 0.209. The topological polar surface area (TPSA) is 91.8 Å². The molecule has 2 aliphatic heterocycles. The van der Waals surface area contributed by atoms with E-state index in [0.717, 1.165) is 28.7 Å². The zero-order valence-electron chi connectivity index (χ0n) is 26.0. The van der Waals surface area contributed by atoms with Crippen LogP contribution < -0.4 is 0 Å². The number of hydrogen-bond donors (Lipinski definition) is 0. The molecule has 46 heavy (non-hydrogen) atoms. The van der Waals surface area contributed by atoms with E-state index in [4.69, 9.17) is 11.6 Å². The molecule has 0 radical (unpaired) electrons. The van der Waals surface area contributed by atoms with Gasteiger partial charge in [0.05, 0.1) is 21.9 Å². The van der Waals surface area contributed by atoms with Crippen molar-refractivity contribution < 1.29 is 21.6 Å². The van der Waals surface area contributed by atoms with Gasteiger partial charge in [-0.25, -0.2) is 16.8 Å². The highest BCUT2D eigenvalue weighted by atomic mass is 35.5. The molecule has 4 aromatic carbocycles. The van der Waals surface area contributed by atoms with Crippen molar-refractivity contribution in [3.8, 4) is 0 Å². The number of sulfonamides is 2. The summed E-state index contributed by atoms with van der Waals surface area (Å²) in [6, 6.07) is 25.8. The van der Waals surface area contributed by atoms with Crippen molar-refractivity contribution in [2.75, 3.05) is 6.54 Å². The first-order valence-corrected chi connectivity index (χ1v) is 18.7. The molecule has 0 spiro atoms. The van der Waals surface area contributed by atoms with Crippen LogP contribution >= 0.6 is 11.6 Å². The van der Waals surface area contributed by atoms with Crippen molar-refractivity contribution in [2.45, 2.75) is 68.0 Å². The maximum absolute atomic E-state index is 14.7. The fourth-order valence-electron chi connectivity index (χ4n) is 6.73. The van der Waals surface area contributed by atoms with Crippen molar-refractivity contribution in [1.29, 1.82) is 0 Å². The molecule has 0 aromatic heterocycles. The molecule has 10 heteroatoms. The van der Waals surface area contributed by atoms with Crippen LogP contribution in [0.4, 0.5) is 0 Å². The van der Waals surface area contributed by atoms with E-state index in [9.17, 15) is 21.6 Å². The highest BCUT2D eigenvalue weighted by molar-refractivity contribution is 7.89. The van der Waals surface area contributed by atoms with Crippen LogP contribution in [0.15, 0.2) is 107 Å². The Labute approximate surface area is 276 Å². The van der Waals surface area contributed by atoms with Gasteiger partial charge < -0.3 is 0 Å². The van der Waals surface area contributed by atoms with Gasteiger partial charge in [0.25, 0.3) is 0 Å². The van der Waals surface area contributed by atoms with E-state index in [1.807, 2.05) is 45.0 Å². The van der Waals surface area contributed by atoms with Crippen LogP contribution in [0.2, 0.25) is 5.02 Å². The average Bonchev–Trinajstić information content (AvgIpc) is 3.05. The predicted octanol–water partition coefficient (Wildman–Crippen LogP) is 7.04. The van der Waals surface area contributed by atoms with E-state index in [2.05, 4.69) is 0 Å². The number of hydrogen-bond acceptors (Lipinski definition) is 5. The number of carbonyl (C=O) groups is 1. The van der Waals surface area contributed by atoms with E-state index >= 15 is 0 Å². The highest BCUT2D eigenvalue weighted by Crippen LogP contribution is 2.48. The highest BCUT2D eigenvalue weighted by Gasteiger charge is 2.54. The largest absolute Gasteiger partial charge is 0.299 e. The van der Waals surface area contributed by atoms with Crippen LogP contribution in [0.3, 0.4) is 0 Å². The molecule has 0 aliphatic carbocycles. The van der Waals surface area contributed by atoms with Crippen LogP contribution in [-0.4, -0.2) is 43.8 Å². The third-order valence-electron chi connectivity index (χ3n) is 9.35. The normalized spacial score (nSPS) is 22.8.